The lowest BCUT2D eigenvalue weighted by molar-refractivity contribution is -0.137. The molecule has 1 heterocycles. The number of halogens is 1. The number of carbonyl (C=O) groups is 1. The van der Waals surface area contributed by atoms with Crippen LogP contribution in [0.1, 0.15) is 49.8 Å². The minimum Gasteiger partial charge on any atom is -0.481 e. The summed E-state index contributed by atoms with van der Waals surface area (Å²) in [6.45, 7) is 4.24. The van der Waals surface area contributed by atoms with E-state index in [2.05, 4.69) is 38.4 Å². The van der Waals surface area contributed by atoms with Gasteiger partial charge in [-0.2, -0.15) is 0 Å². The quantitative estimate of drug-likeness (QED) is 0.219. The molecule has 2 N–H and O–H groups in total. The number of aliphatic carboxylic acids is 1. The van der Waals surface area contributed by atoms with Crippen LogP contribution in [-0.2, 0) is 20.2 Å². The van der Waals surface area contributed by atoms with Crippen molar-refractivity contribution < 1.29 is 18.3 Å². The molecule has 0 unspecified atom stereocenters. The molecule has 0 radical (unpaired) electrons. The predicted molar refractivity (Wildman–Crippen MR) is 147 cm³/mol. The summed E-state index contributed by atoms with van der Waals surface area (Å²) in [5, 5.41) is 8.95. The number of sulfonamides is 1. The maximum absolute atomic E-state index is 12.8. The highest BCUT2D eigenvalue weighted by Crippen LogP contribution is 2.30. The molecule has 0 aliphatic rings. The van der Waals surface area contributed by atoms with Gasteiger partial charge in [0.2, 0.25) is 10.0 Å². The Hall–Kier alpha value is -2.56. The fraction of sp³-hybridized carbons (Fsp3) is 0.259. The standard InChI is InChI=1S/C27H29IN2O4S/c1-27(2,19-30-35(33,34)24-14-12-23(28)13-15-24)22-9-5-7-20(17-22)25(10-3-4-11-26(31)32)21-8-6-16-29-18-21/h5-10,12-18,30H,3-4,11,19H2,1-2H3,(H,31,32)/b25-10+. The summed E-state index contributed by atoms with van der Waals surface area (Å²) < 4.78 is 29.3. The average Bonchev–Trinajstić information content (AvgIpc) is 2.84. The van der Waals surface area contributed by atoms with Crippen molar-refractivity contribution in [3.05, 3.63) is 99.4 Å². The molecular formula is C27H29IN2O4S. The average molecular weight is 605 g/mol. The van der Waals surface area contributed by atoms with Gasteiger partial charge in [0, 0.05) is 39.9 Å². The maximum atomic E-state index is 12.8. The van der Waals surface area contributed by atoms with Crippen molar-refractivity contribution in [2.75, 3.05) is 6.54 Å². The molecule has 0 bridgehead atoms. The lowest BCUT2D eigenvalue weighted by Gasteiger charge is -2.26. The predicted octanol–water partition coefficient (Wildman–Crippen LogP) is 5.63. The number of carboxylic acid groups (broad SMARTS) is 1. The van der Waals surface area contributed by atoms with E-state index in [4.69, 9.17) is 5.11 Å². The second-order valence-electron chi connectivity index (χ2n) is 8.89. The van der Waals surface area contributed by atoms with Crippen LogP contribution in [0.5, 0.6) is 0 Å². The molecule has 0 saturated carbocycles. The summed E-state index contributed by atoms with van der Waals surface area (Å²) >= 11 is 2.14. The monoisotopic (exact) mass is 604 g/mol. The van der Waals surface area contributed by atoms with E-state index in [1.54, 1.807) is 36.7 Å². The van der Waals surface area contributed by atoms with Crippen LogP contribution in [0.2, 0.25) is 0 Å². The van der Waals surface area contributed by atoms with E-state index in [9.17, 15) is 13.2 Å². The fourth-order valence-electron chi connectivity index (χ4n) is 3.61. The van der Waals surface area contributed by atoms with E-state index >= 15 is 0 Å². The van der Waals surface area contributed by atoms with Crippen molar-refractivity contribution in [3.8, 4) is 0 Å². The SMILES string of the molecule is CC(C)(CNS(=O)(=O)c1ccc(I)cc1)c1cccc(/C(=C\CCCC(=O)O)c2cccnc2)c1. The van der Waals surface area contributed by atoms with E-state index in [0.29, 0.717) is 12.8 Å². The number of unbranched alkanes of at least 4 members (excludes halogenated alkanes) is 1. The van der Waals surface area contributed by atoms with Crippen LogP contribution in [-0.4, -0.2) is 31.0 Å². The lowest BCUT2D eigenvalue weighted by atomic mass is 9.83. The summed E-state index contributed by atoms with van der Waals surface area (Å²) in [6, 6.07) is 18.6. The van der Waals surface area contributed by atoms with Crippen LogP contribution in [0, 0.1) is 3.57 Å². The van der Waals surface area contributed by atoms with Crippen LogP contribution < -0.4 is 4.72 Å². The molecule has 2 aromatic carbocycles. The highest BCUT2D eigenvalue weighted by molar-refractivity contribution is 14.1. The number of hydrogen-bond acceptors (Lipinski definition) is 4. The van der Waals surface area contributed by atoms with Gasteiger partial charge in [-0.15, -0.1) is 0 Å². The van der Waals surface area contributed by atoms with Crippen molar-refractivity contribution in [3.63, 3.8) is 0 Å². The van der Waals surface area contributed by atoms with Gasteiger partial charge in [-0.1, -0.05) is 50.3 Å². The first-order valence-corrected chi connectivity index (χ1v) is 13.8. The lowest BCUT2D eigenvalue weighted by Crippen LogP contribution is -2.36. The van der Waals surface area contributed by atoms with Crippen LogP contribution >= 0.6 is 22.6 Å². The second kappa shape index (κ2) is 11.9. The Morgan fingerprint density at radius 2 is 1.80 bits per heavy atom. The summed E-state index contributed by atoms with van der Waals surface area (Å²) in [7, 11) is -3.63. The minimum atomic E-state index is -3.63. The molecule has 8 heteroatoms. The smallest absolute Gasteiger partial charge is 0.303 e. The number of rotatable bonds is 11. The van der Waals surface area contributed by atoms with E-state index in [-0.39, 0.29) is 17.9 Å². The Labute approximate surface area is 220 Å². The van der Waals surface area contributed by atoms with Crippen molar-refractivity contribution in [1.82, 2.24) is 9.71 Å². The summed E-state index contributed by atoms with van der Waals surface area (Å²) in [5.41, 5.74) is 3.40. The Morgan fingerprint density at radius 3 is 2.46 bits per heavy atom. The number of nitrogens with one attached hydrogen (secondary N) is 1. The van der Waals surface area contributed by atoms with Gasteiger partial charge in [-0.25, -0.2) is 13.1 Å². The first-order chi connectivity index (χ1) is 16.6. The van der Waals surface area contributed by atoms with E-state index in [1.165, 1.54) is 0 Å². The van der Waals surface area contributed by atoms with Crippen LogP contribution in [0.15, 0.2) is 84.0 Å². The number of hydrogen-bond donors (Lipinski definition) is 2. The van der Waals surface area contributed by atoms with E-state index in [1.807, 2.05) is 50.3 Å². The van der Waals surface area contributed by atoms with Crippen LogP contribution in [0.3, 0.4) is 0 Å². The van der Waals surface area contributed by atoms with Crippen molar-refractivity contribution in [2.45, 2.75) is 43.4 Å². The minimum absolute atomic E-state index is 0.116. The molecule has 6 nitrogen and oxygen atoms in total. The molecule has 184 valence electrons. The number of nitrogens with zero attached hydrogens (tertiary/aromatic N) is 1. The molecule has 0 aliphatic heterocycles. The number of carboxylic acids is 1. The molecule has 1 aromatic heterocycles. The molecule has 0 amide bonds. The van der Waals surface area contributed by atoms with Gasteiger partial charge in [0.05, 0.1) is 4.90 Å². The molecule has 0 saturated heterocycles. The van der Waals surface area contributed by atoms with E-state index < -0.39 is 21.4 Å². The Bertz CT molecular complexity index is 1290. The zero-order chi connectivity index (χ0) is 25.5. The molecule has 0 atom stereocenters. The molecule has 0 aliphatic carbocycles. The Kier molecular flexibility index (Phi) is 9.21. The zero-order valence-electron chi connectivity index (χ0n) is 19.7. The van der Waals surface area contributed by atoms with Gasteiger partial charge >= 0.3 is 5.97 Å². The van der Waals surface area contributed by atoms with Gasteiger partial charge in [-0.05, 0) is 82.5 Å². The largest absolute Gasteiger partial charge is 0.481 e. The first kappa shape index (κ1) is 27.0. The third-order valence-electron chi connectivity index (χ3n) is 5.70. The normalized spacial score (nSPS) is 12.5. The van der Waals surface area contributed by atoms with Crippen molar-refractivity contribution in [1.29, 1.82) is 0 Å². The summed E-state index contributed by atoms with van der Waals surface area (Å²) in [5.74, 6) is -0.808. The zero-order valence-corrected chi connectivity index (χ0v) is 22.7. The van der Waals surface area contributed by atoms with Gasteiger partial charge in [-0.3, -0.25) is 9.78 Å². The molecule has 0 spiro atoms. The van der Waals surface area contributed by atoms with Crippen molar-refractivity contribution >= 4 is 44.2 Å². The molecular weight excluding hydrogens is 575 g/mol. The topological polar surface area (TPSA) is 96.4 Å². The number of pyridine rings is 1. The third kappa shape index (κ3) is 7.71. The molecule has 35 heavy (non-hydrogen) atoms. The molecule has 0 fully saturated rings. The van der Waals surface area contributed by atoms with Crippen molar-refractivity contribution in [2.24, 2.45) is 0 Å². The summed E-state index contributed by atoms with van der Waals surface area (Å²) in [6.07, 6.45) is 6.83. The second-order valence-corrected chi connectivity index (χ2v) is 11.9. The summed E-state index contributed by atoms with van der Waals surface area (Å²) in [4.78, 5) is 15.4. The van der Waals surface area contributed by atoms with Gasteiger partial charge < -0.3 is 5.11 Å². The van der Waals surface area contributed by atoms with Crippen LogP contribution in [0.25, 0.3) is 5.57 Å². The maximum Gasteiger partial charge on any atom is 0.303 e. The number of allylic oxidation sites excluding steroid dienone is 1. The fourth-order valence-corrected chi connectivity index (χ4v) is 5.18. The number of aromatic nitrogens is 1. The van der Waals surface area contributed by atoms with Gasteiger partial charge in [0.25, 0.3) is 0 Å². The Morgan fingerprint density at radius 1 is 1.09 bits per heavy atom. The highest BCUT2D eigenvalue weighted by Gasteiger charge is 2.25. The van der Waals surface area contributed by atoms with Crippen LogP contribution in [0.4, 0.5) is 0 Å². The first-order valence-electron chi connectivity index (χ1n) is 11.3. The van der Waals surface area contributed by atoms with Gasteiger partial charge in [0.1, 0.15) is 0 Å². The molecule has 3 aromatic rings. The highest BCUT2D eigenvalue weighted by atomic mass is 127. The van der Waals surface area contributed by atoms with E-state index in [0.717, 1.165) is 25.8 Å². The molecule has 3 rings (SSSR count). The number of benzene rings is 2. The van der Waals surface area contributed by atoms with Gasteiger partial charge in [0.15, 0.2) is 0 Å². The third-order valence-corrected chi connectivity index (χ3v) is 7.84. The Balaban J connectivity index is 1.84.